The van der Waals surface area contributed by atoms with E-state index in [9.17, 15) is 5.11 Å². The summed E-state index contributed by atoms with van der Waals surface area (Å²) in [6, 6.07) is 0. The molecule has 0 spiro atoms. The molecule has 0 amide bonds. The van der Waals surface area contributed by atoms with Gasteiger partial charge in [0.15, 0.2) is 0 Å². The predicted molar refractivity (Wildman–Crippen MR) is 48.1 cm³/mol. The third kappa shape index (κ3) is 1.08. The maximum Gasteiger partial charge on any atom is 0.206 e. The van der Waals surface area contributed by atoms with E-state index in [1.54, 1.807) is 7.05 Å². The number of aryl methyl sites for hydroxylation is 1. The second-order valence-corrected chi connectivity index (χ2v) is 4.48. The molecule has 2 fully saturated rings. The Kier molecular flexibility index (Phi) is 1.51. The number of aliphatic hydroxyl groups is 1. The standard InChI is InChI=1S/C9H14N4O/c1-13-11-8(10-12-13)9(14,6-2-3-6)7-4-5-7/h6-7,14H,2-5H2,1H3. The molecule has 1 heterocycles. The van der Waals surface area contributed by atoms with E-state index < -0.39 is 5.60 Å². The molecular formula is C9H14N4O. The second-order valence-electron chi connectivity index (χ2n) is 4.48. The highest BCUT2D eigenvalue weighted by Gasteiger charge is 2.56. The van der Waals surface area contributed by atoms with Gasteiger partial charge in [0.25, 0.3) is 0 Å². The first kappa shape index (κ1) is 8.35. The van der Waals surface area contributed by atoms with Crippen molar-refractivity contribution < 1.29 is 5.11 Å². The SMILES string of the molecule is Cn1nnc(C(O)(C2CC2)C2CC2)n1. The topological polar surface area (TPSA) is 63.8 Å². The monoisotopic (exact) mass is 194 g/mol. The van der Waals surface area contributed by atoms with Crippen LogP contribution in [0.15, 0.2) is 0 Å². The van der Waals surface area contributed by atoms with Gasteiger partial charge in [-0.3, -0.25) is 0 Å². The third-order valence-electron chi connectivity index (χ3n) is 3.27. The number of hydrogen-bond donors (Lipinski definition) is 1. The van der Waals surface area contributed by atoms with E-state index in [0.717, 1.165) is 25.7 Å². The Morgan fingerprint density at radius 2 is 1.86 bits per heavy atom. The molecule has 2 aliphatic carbocycles. The van der Waals surface area contributed by atoms with Gasteiger partial charge in [-0.2, -0.15) is 4.80 Å². The predicted octanol–water partition coefficient (Wildman–Crippen LogP) is 0.218. The minimum atomic E-state index is -0.770. The minimum Gasteiger partial charge on any atom is -0.381 e. The van der Waals surface area contributed by atoms with E-state index in [4.69, 9.17) is 0 Å². The Bertz CT molecular complexity index is 341. The average molecular weight is 194 g/mol. The van der Waals surface area contributed by atoms with Crippen LogP contribution in [-0.4, -0.2) is 25.3 Å². The molecule has 5 nitrogen and oxygen atoms in total. The molecule has 2 saturated carbocycles. The van der Waals surface area contributed by atoms with Gasteiger partial charge in [0.2, 0.25) is 5.82 Å². The largest absolute Gasteiger partial charge is 0.381 e. The maximum atomic E-state index is 10.6. The van der Waals surface area contributed by atoms with E-state index >= 15 is 0 Å². The number of aromatic nitrogens is 4. The Morgan fingerprint density at radius 3 is 2.21 bits per heavy atom. The summed E-state index contributed by atoms with van der Waals surface area (Å²) in [5, 5.41) is 22.5. The molecule has 1 aromatic rings. The van der Waals surface area contributed by atoms with Crippen LogP contribution < -0.4 is 0 Å². The van der Waals surface area contributed by atoms with Gasteiger partial charge >= 0.3 is 0 Å². The van der Waals surface area contributed by atoms with Crippen molar-refractivity contribution in [3.05, 3.63) is 5.82 Å². The van der Waals surface area contributed by atoms with Crippen LogP contribution in [0.2, 0.25) is 0 Å². The molecule has 1 aromatic heterocycles. The van der Waals surface area contributed by atoms with Gasteiger partial charge in [-0.1, -0.05) is 0 Å². The fourth-order valence-electron chi connectivity index (χ4n) is 2.19. The van der Waals surface area contributed by atoms with E-state index in [-0.39, 0.29) is 0 Å². The third-order valence-corrected chi connectivity index (χ3v) is 3.27. The molecule has 1 N–H and O–H groups in total. The smallest absolute Gasteiger partial charge is 0.206 e. The maximum absolute atomic E-state index is 10.6. The first-order chi connectivity index (χ1) is 6.71. The van der Waals surface area contributed by atoms with Crippen LogP contribution >= 0.6 is 0 Å². The Balaban J connectivity index is 1.98. The summed E-state index contributed by atoms with van der Waals surface area (Å²) in [6.45, 7) is 0. The van der Waals surface area contributed by atoms with Crippen molar-refractivity contribution in [2.45, 2.75) is 31.3 Å². The first-order valence-electron chi connectivity index (χ1n) is 5.18. The van der Waals surface area contributed by atoms with Crippen LogP contribution in [0.25, 0.3) is 0 Å². The lowest BCUT2D eigenvalue weighted by Crippen LogP contribution is -2.32. The van der Waals surface area contributed by atoms with Crippen LogP contribution in [0.1, 0.15) is 31.5 Å². The number of nitrogens with zero attached hydrogens (tertiary/aromatic N) is 4. The molecule has 76 valence electrons. The molecule has 0 atom stereocenters. The molecule has 0 aliphatic heterocycles. The van der Waals surface area contributed by atoms with Crippen LogP contribution in [0, 0.1) is 11.8 Å². The fourth-order valence-corrected chi connectivity index (χ4v) is 2.19. The van der Waals surface area contributed by atoms with Crippen molar-refractivity contribution >= 4 is 0 Å². The summed E-state index contributed by atoms with van der Waals surface area (Å²) < 4.78 is 0. The lowest BCUT2D eigenvalue weighted by atomic mass is 9.91. The molecule has 0 aromatic carbocycles. The van der Waals surface area contributed by atoms with Gasteiger partial charge < -0.3 is 5.11 Å². The highest BCUT2D eigenvalue weighted by Crippen LogP contribution is 2.56. The normalized spacial score (nSPS) is 22.7. The van der Waals surface area contributed by atoms with E-state index in [1.807, 2.05) is 0 Å². The Hall–Kier alpha value is -0.970. The first-order valence-corrected chi connectivity index (χ1v) is 5.18. The molecule has 14 heavy (non-hydrogen) atoms. The zero-order valence-electron chi connectivity index (χ0n) is 8.22. The molecule has 0 bridgehead atoms. The lowest BCUT2D eigenvalue weighted by Gasteiger charge is -2.23. The van der Waals surface area contributed by atoms with E-state index in [1.165, 1.54) is 4.80 Å². The minimum absolute atomic E-state index is 0.374. The molecule has 3 rings (SSSR count). The van der Waals surface area contributed by atoms with Crippen LogP contribution in [0.4, 0.5) is 0 Å². The summed E-state index contributed by atoms with van der Waals surface area (Å²) >= 11 is 0. The average Bonchev–Trinajstić information content (AvgIpc) is 3.01. The van der Waals surface area contributed by atoms with E-state index in [0.29, 0.717) is 17.7 Å². The highest BCUT2D eigenvalue weighted by molar-refractivity contribution is 5.12. The van der Waals surface area contributed by atoms with Crippen molar-refractivity contribution in [2.24, 2.45) is 18.9 Å². The zero-order valence-corrected chi connectivity index (χ0v) is 8.22. The molecule has 0 saturated heterocycles. The molecule has 5 heteroatoms. The summed E-state index contributed by atoms with van der Waals surface area (Å²) in [7, 11) is 1.73. The quantitative estimate of drug-likeness (QED) is 0.747. The van der Waals surface area contributed by atoms with Crippen molar-refractivity contribution in [3.8, 4) is 0 Å². The highest BCUT2D eigenvalue weighted by atomic mass is 16.3. The van der Waals surface area contributed by atoms with Crippen LogP contribution in [-0.2, 0) is 12.6 Å². The molecule has 0 unspecified atom stereocenters. The molecule has 2 aliphatic rings. The Labute approximate surface area is 82.1 Å². The van der Waals surface area contributed by atoms with Crippen LogP contribution in [0.5, 0.6) is 0 Å². The summed E-state index contributed by atoms with van der Waals surface area (Å²) in [6.07, 6.45) is 4.41. The summed E-state index contributed by atoms with van der Waals surface area (Å²) in [5.74, 6) is 1.28. The van der Waals surface area contributed by atoms with Crippen molar-refractivity contribution in [1.82, 2.24) is 20.2 Å². The van der Waals surface area contributed by atoms with Gasteiger partial charge in [0.1, 0.15) is 5.60 Å². The lowest BCUT2D eigenvalue weighted by molar-refractivity contribution is -0.0190. The van der Waals surface area contributed by atoms with Gasteiger partial charge in [0.05, 0.1) is 7.05 Å². The van der Waals surface area contributed by atoms with Gasteiger partial charge in [-0.05, 0) is 42.7 Å². The number of hydrogen-bond acceptors (Lipinski definition) is 4. The van der Waals surface area contributed by atoms with Gasteiger partial charge in [-0.15, -0.1) is 10.2 Å². The summed E-state index contributed by atoms with van der Waals surface area (Å²) in [4.78, 5) is 1.42. The zero-order chi connectivity index (χ0) is 9.76. The number of tetrazole rings is 1. The van der Waals surface area contributed by atoms with Gasteiger partial charge in [-0.25, -0.2) is 0 Å². The molecular weight excluding hydrogens is 180 g/mol. The second kappa shape index (κ2) is 2.53. The van der Waals surface area contributed by atoms with Crippen molar-refractivity contribution in [3.63, 3.8) is 0 Å². The fraction of sp³-hybridized carbons (Fsp3) is 0.889. The summed E-state index contributed by atoms with van der Waals surface area (Å²) in [5.41, 5.74) is -0.770. The van der Waals surface area contributed by atoms with Crippen molar-refractivity contribution in [1.29, 1.82) is 0 Å². The molecule has 0 radical (unpaired) electrons. The number of rotatable bonds is 3. The van der Waals surface area contributed by atoms with Crippen molar-refractivity contribution in [2.75, 3.05) is 0 Å². The van der Waals surface area contributed by atoms with Crippen LogP contribution in [0.3, 0.4) is 0 Å². The van der Waals surface area contributed by atoms with Gasteiger partial charge in [0, 0.05) is 0 Å². The Morgan fingerprint density at radius 1 is 1.29 bits per heavy atom. The van der Waals surface area contributed by atoms with E-state index in [2.05, 4.69) is 15.4 Å².